The van der Waals surface area contributed by atoms with E-state index in [-0.39, 0.29) is 26.2 Å². The van der Waals surface area contributed by atoms with Crippen LogP contribution in [0.25, 0.3) is 0 Å². The molecule has 8 nitrogen and oxygen atoms in total. The smallest absolute Gasteiger partial charge is 0.336 e. The molecule has 0 saturated heterocycles. The first-order valence-electron chi connectivity index (χ1n) is 10.3. The Morgan fingerprint density at radius 2 is 1.31 bits per heavy atom. The van der Waals surface area contributed by atoms with Crippen molar-refractivity contribution in [2.24, 2.45) is 0 Å². The van der Waals surface area contributed by atoms with Gasteiger partial charge in [-0.05, 0) is 49.2 Å². The molecule has 0 aliphatic rings. The highest BCUT2D eigenvalue weighted by Crippen LogP contribution is 2.05. The summed E-state index contributed by atoms with van der Waals surface area (Å²) in [6.07, 6.45) is 6.51. The van der Waals surface area contributed by atoms with Crippen molar-refractivity contribution in [2.75, 3.05) is 43.3 Å². The van der Waals surface area contributed by atoms with Crippen molar-refractivity contribution < 1.29 is 9.84 Å². The molecule has 1 rings (SSSR count). The molecule has 1 heterocycles. The number of aromatic nitrogens is 3. The normalized spacial score (nSPS) is 11.3. The van der Waals surface area contributed by atoms with E-state index in [1.165, 1.54) is 0 Å². The monoisotopic (exact) mass is 449 g/mol. The number of aliphatic hydroxyl groups is 1. The average Bonchev–Trinajstić information content (AvgIpc) is 2.71. The van der Waals surface area contributed by atoms with Crippen molar-refractivity contribution in [3.05, 3.63) is 31.5 Å². The fourth-order valence-electron chi connectivity index (χ4n) is 2.76. The minimum Gasteiger partial charge on any atom is -0.395 e. The first-order chi connectivity index (χ1) is 14.1. The van der Waals surface area contributed by atoms with Gasteiger partial charge in [-0.15, -0.1) is 0 Å². The van der Waals surface area contributed by atoms with E-state index in [1.807, 2.05) is 6.26 Å². The van der Waals surface area contributed by atoms with E-state index in [0.29, 0.717) is 12.8 Å². The van der Waals surface area contributed by atoms with Crippen LogP contribution < -0.4 is 17.1 Å². The van der Waals surface area contributed by atoms with Gasteiger partial charge in [-0.25, -0.2) is 28.1 Å². The molecule has 1 N–H and O–H groups in total. The van der Waals surface area contributed by atoms with Crippen LogP contribution in [0.5, 0.6) is 0 Å². The maximum atomic E-state index is 12.7. The summed E-state index contributed by atoms with van der Waals surface area (Å²) in [4.78, 5) is 37.7. The van der Waals surface area contributed by atoms with Crippen LogP contribution in [-0.2, 0) is 24.4 Å². The second-order valence-corrected chi connectivity index (χ2v) is 8.87. The minimum absolute atomic E-state index is 0.104. The van der Waals surface area contributed by atoms with Gasteiger partial charge in [0.15, 0.2) is 0 Å². The third-order valence-corrected chi connectivity index (χ3v) is 6.18. The lowest BCUT2D eigenvalue weighted by Crippen LogP contribution is -2.55. The number of aliphatic hydroxyl groups excluding tert-OH is 1. The van der Waals surface area contributed by atoms with Gasteiger partial charge < -0.3 is 9.84 Å². The SMILES string of the molecule is CCCCOCCCSCCCn1c(=O)n(CCO)c(=O)n(CCCSC)c1=O. The topological polar surface area (TPSA) is 95.5 Å². The van der Waals surface area contributed by atoms with E-state index in [2.05, 4.69) is 6.92 Å². The van der Waals surface area contributed by atoms with Gasteiger partial charge in [-0.2, -0.15) is 23.5 Å². The summed E-state index contributed by atoms with van der Waals surface area (Å²) in [7, 11) is 0. The molecule has 0 spiro atoms. The molecule has 1 aromatic heterocycles. The molecular formula is C19H35N3O5S2. The molecule has 29 heavy (non-hydrogen) atoms. The number of unbranched alkanes of at least 4 members (excludes halogenated alkanes) is 1. The van der Waals surface area contributed by atoms with Gasteiger partial charge in [-0.1, -0.05) is 13.3 Å². The maximum absolute atomic E-state index is 12.7. The summed E-state index contributed by atoms with van der Waals surface area (Å²) >= 11 is 3.41. The van der Waals surface area contributed by atoms with Crippen molar-refractivity contribution in [3.63, 3.8) is 0 Å². The van der Waals surface area contributed by atoms with Crippen molar-refractivity contribution in [3.8, 4) is 0 Å². The number of ether oxygens (including phenoxy) is 1. The molecule has 0 bridgehead atoms. The fraction of sp³-hybridized carbons (Fsp3) is 0.842. The Kier molecular flexibility index (Phi) is 14.2. The van der Waals surface area contributed by atoms with Crippen molar-refractivity contribution in [2.45, 2.75) is 58.7 Å². The molecule has 0 amide bonds. The number of hydrogen-bond acceptors (Lipinski definition) is 7. The van der Waals surface area contributed by atoms with Gasteiger partial charge in [0.1, 0.15) is 0 Å². The van der Waals surface area contributed by atoms with Gasteiger partial charge in [0.05, 0.1) is 13.2 Å². The van der Waals surface area contributed by atoms with Crippen LogP contribution in [0.3, 0.4) is 0 Å². The highest BCUT2D eigenvalue weighted by atomic mass is 32.2. The summed E-state index contributed by atoms with van der Waals surface area (Å²) in [5.74, 6) is 2.63. The van der Waals surface area contributed by atoms with Crippen LogP contribution >= 0.6 is 23.5 Å². The Balaban J connectivity index is 2.64. The predicted molar refractivity (Wildman–Crippen MR) is 122 cm³/mol. The van der Waals surface area contributed by atoms with E-state index < -0.39 is 17.1 Å². The van der Waals surface area contributed by atoms with Crippen LogP contribution in [0.1, 0.15) is 39.0 Å². The maximum Gasteiger partial charge on any atom is 0.336 e. The van der Waals surface area contributed by atoms with Gasteiger partial charge >= 0.3 is 17.1 Å². The van der Waals surface area contributed by atoms with Gasteiger partial charge in [-0.3, -0.25) is 0 Å². The van der Waals surface area contributed by atoms with Crippen LogP contribution in [-0.4, -0.2) is 62.1 Å². The highest BCUT2D eigenvalue weighted by Gasteiger charge is 2.14. The molecule has 0 aliphatic heterocycles. The third-order valence-electron chi connectivity index (χ3n) is 4.33. The fourth-order valence-corrected chi connectivity index (χ4v) is 4.04. The van der Waals surface area contributed by atoms with E-state index in [4.69, 9.17) is 4.74 Å². The Morgan fingerprint density at radius 3 is 1.86 bits per heavy atom. The second kappa shape index (κ2) is 15.8. The van der Waals surface area contributed by atoms with Crippen LogP contribution in [0.4, 0.5) is 0 Å². The summed E-state index contributed by atoms with van der Waals surface area (Å²) in [6.45, 7) is 3.83. The van der Waals surface area contributed by atoms with Crippen molar-refractivity contribution in [1.29, 1.82) is 0 Å². The molecule has 0 fully saturated rings. The molecule has 0 unspecified atom stereocenters. The molecule has 10 heteroatoms. The number of thioether (sulfide) groups is 2. The first-order valence-corrected chi connectivity index (χ1v) is 12.8. The Morgan fingerprint density at radius 1 is 0.793 bits per heavy atom. The zero-order valence-corrected chi connectivity index (χ0v) is 19.3. The highest BCUT2D eigenvalue weighted by molar-refractivity contribution is 7.99. The molecule has 0 aromatic carbocycles. The quantitative estimate of drug-likeness (QED) is 0.358. The summed E-state index contributed by atoms with van der Waals surface area (Å²) in [6, 6.07) is 0. The van der Waals surface area contributed by atoms with E-state index >= 15 is 0 Å². The molecule has 168 valence electrons. The van der Waals surface area contributed by atoms with Gasteiger partial charge in [0.25, 0.3) is 0 Å². The summed E-state index contributed by atoms with van der Waals surface area (Å²) < 4.78 is 8.73. The zero-order chi connectivity index (χ0) is 21.5. The van der Waals surface area contributed by atoms with Crippen molar-refractivity contribution in [1.82, 2.24) is 13.7 Å². The third kappa shape index (κ3) is 9.15. The van der Waals surface area contributed by atoms with Crippen LogP contribution in [0.2, 0.25) is 0 Å². The molecule has 0 radical (unpaired) electrons. The van der Waals surface area contributed by atoms with Gasteiger partial charge in [0.2, 0.25) is 0 Å². The predicted octanol–water partition coefficient (Wildman–Crippen LogP) is 1.25. The van der Waals surface area contributed by atoms with Crippen LogP contribution in [0.15, 0.2) is 14.4 Å². The lowest BCUT2D eigenvalue weighted by atomic mass is 10.4. The average molecular weight is 450 g/mol. The molecule has 0 aliphatic carbocycles. The Hall–Kier alpha value is -0.970. The van der Waals surface area contributed by atoms with Crippen LogP contribution in [0, 0.1) is 0 Å². The van der Waals surface area contributed by atoms with Crippen molar-refractivity contribution >= 4 is 23.5 Å². The zero-order valence-electron chi connectivity index (χ0n) is 17.6. The number of hydrogen-bond donors (Lipinski definition) is 1. The molecular weight excluding hydrogens is 414 g/mol. The van der Waals surface area contributed by atoms with E-state index in [1.54, 1.807) is 23.5 Å². The van der Waals surface area contributed by atoms with E-state index in [0.717, 1.165) is 63.4 Å². The largest absolute Gasteiger partial charge is 0.395 e. The number of rotatable bonds is 17. The summed E-state index contributed by atoms with van der Waals surface area (Å²) in [5.41, 5.74) is -1.82. The summed E-state index contributed by atoms with van der Waals surface area (Å²) in [5, 5.41) is 9.19. The first kappa shape index (κ1) is 26.1. The number of nitrogens with zero attached hydrogens (tertiary/aromatic N) is 3. The molecule has 1 aromatic rings. The molecule has 0 atom stereocenters. The van der Waals surface area contributed by atoms with Gasteiger partial charge in [0, 0.05) is 26.3 Å². The lowest BCUT2D eigenvalue weighted by molar-refractivity contribution is 0.132. The Bertz CT molecular complexity index is 745. The second-order valence-electron chi connectivity index (χ2n) is 6.66. The van der Waals surface area contributed by atoms with E-state index in [9.17, 15) is 19.5 Å². The minimum atomic E-state index is -0.635. The molecule has 0 saturated carbocycles. The lowest BCUT2D eigenvalue weighted by Gasteiger charge is -2.13. The Labute approximate surface area is 180 Å². The standard InChI is InChI=1S/C19H35N3O5S2/c1-3-4-12-27-13-7-16-29-15-6-9-21-17(24)20(8-5-14-28-2)18(25)22(10-11-23)19(21)26/h23H,3-16H2,1-2H3.